The van der Waals surface area contributed by atoms with Crippen LogP contribution in [0, 0.1) is 0 Å². The Kier molecular flexibility index (Phi) is 4.99. The fourth-order valence-electron chi connectivity index (χ4n) is 3.42. The van der Waals surface area contributed by atoms with Crippen molar-refractivity contribution in [3.05, 3.63) is 17.0 Å². The molecule has 2 aliphatic heterocycles. The summed E-state index contributed by atoms with van der Waals surface area (Å²) >= 11 is 0. The van der Waals surface area contributed by atoms with E-state index in [1.165, 1.54) is 0 Å². The number of nitrogens with zero attached hydrogens (tertiary/aromatic N) is 2. The number of carbonyl (C=O) groups is 1. The van der Waals surface area contributed by atoms with Crippen LogP contribution in [-0.4, -0.2) is 64.5 Å². The van der Waals surface area contributed by atoms with Gasteiger partial charge in [0, 0.05) is 38.2 Å². The number of likely N-dealkylation sites (tertiary alicyclic amines) is 1. The SMILES string of the molecule is C[C@@H]1Cc2c(C(=O)NCCN3CCC(O)CC3)n[nH]c2[C@H](C)O1. The fraction of sp³-hybridized carbons (Fsp3) is 0.750. The summed E-state index contributed by atoms with van der Waals surface area (Å²) in [5.74, 6) is -0.124. The van der Waals surface area contributed by atoms with Gasteiger partial charge < -0.3 is 20.1 Å². The second kappa shape index (κ2) is 6.98. The number of aromatic nitrogens is 2. The molecule has 7 heteroatoms. The standard InChI is InChI=1S/C16H26N4O3/c1-10-9-13-14(11(2)23-10)18-19-15(13)16(22)17-5-8-20-6-3-12(21)4-7-20/h10-12,21H,3-9H2,1-2H3,(H,17,22)(H,18,19)/t10-,11+/m1/s1. The predicted octanol–water partition coefficient (Wildman–Crippen LogP) is 0.618. The van der Waals surface area contributed by atoms with Crippen molar-refractivity contribution in [3.63, 3.8) is 0 Å². The van der Waals surface area contributed by atoms with E-state index in [4.69, 9.17) is 4.74 Å². The smallest absolute Gasteiger partial charge is 0.272 e. The van der Waals surface area contributed by atoms with Crippen LogP contribution in [0.2, 0.25) is 0 Å². The summed E-state index contributed by atoms with van der Waals surface area (Å²) in [6.45, 7) is 7.17. The highest BCUT2D eigenvalue weighted by Crippen LogP contribution is 2.29. The number of carbonyl (C=O) groups excluding carboxylic acids is 1. The molecule has 1 amide bonds. The van der Waals surface area contributed by atoms with Crippen molar-refractivity contribution in [3.8, 4) is 0 Å². The molecular weight excluding hydrogens is 296 g/mol. The maximum absolute atomic E-state index is 12.4. The van der Waals surface area contributed by atoms with E-state index >= 15 is 0 Å². The van der Waals surface area contributed by atoms with Gasteiger partial charge in [0.1, 0.15) is 0 Å². The number of fused-ring (bicyclic) bond motifs is 1. The Morgan fingerprint density at radius 1 is 1.43 bits per heavy atom. The summed E-state index contributed by atoms with van der Waals surface area (Å²) < 4.78 is 5.74. The number of rotatable bonds is 4. The number of amides is 1. The number of H-pyrrole nitrogens is 1. The van der Waals surface area contributed by atoms with Gasteiger partial charge in [-0.1, -0.05) is 0 Å². The summed E-state index contributed by atoms with van der Waals surface area (Å²) in [4.78, 5) is 14.7. The molecule has 0 unspecified atom stereocenters. The third-order valence-electron chi connectivity index (χ3n) is 4.72. The molecule has 3 heterocycles. The number of nitrogens with one attached hydrogen (secondary N) is 2. The van der Waals surface area contributed by atoms with Crippen LogP contribution in [-0.2, 0) is 11.2 Å². The van der Waals surface area contributed by atoms with Gasteiger partial charge in [0.15, 0.2) is 5.69 Å². The Labute approximate surface area is 136 Å². The monoisotopic (exact) mass is 322 g/mol. The van der Waals surface area contributed by atoms with Crippen LogP contribution in [0.25, 0.3) is 0 Å². The van der Waals surface area contributed by atoms with E-state index < -0.39 is 0 Å². The van der Waals surface area contributed by atoms with Crippen molar-refractivity contribution in [2.24, 2.45) is 0 Å². The van der Waals surface area contributed by atoms with E-state index in [2.05, 4.69) is 20.4 Å². The van der Waals surface area contributed by atoms with Crippen molar-refractivity contribution in [1.82, 2.24) is 20.4 Å². The molecule has 3 rings (SSSR count). The highest BCUT2D eigenvalue weighted by molar-refractivity contribution is 5.94. The zero-order valence-electron chi connectivity index (χ0n) is 13.8. The minimum Gasteiger partial charge on any atom is -0.393 e. The van der Waals surface area contributed by atoms with E-state index in [9.17, 15) is 9.90 Å². The van der Waals surface area contributed by atoms with Gasteiger partial charge >= 0.3 is 0 Å². The molecule has 2 atom stereocenters. The molecule has 0 radical (unpaired) electrons. The molecule has 3 N–H and O–H groups in total. The van der Waals surface area contributed by atoms with Gasteiger partial charge in [0.05, 0.1) is 24.0 Å². The lowest BCUT2D eigenvalue weighted by Gasteiger charge is -2.29. The summed E-state index contributed by atoms with van der Waals surface area (Å²) in [6, 6.07) is 0. The van der Waals surface area contributed by atoms with Crippen LogP contribution in [0.3, 0.4) is 0 Å². The average Bonchev–Trinajstić information content (AvgIpc) is 2.93. The molecular formula is C16H26N4O3. The molecule has 0 saturated carbocycles. The quantitative estimate of drug-likeness (QED) is 0.756. The first-order valence-electron chi connectivity index (χ1n) is 8.45. The Hall–Kier alpha value is -1.44. The lowest BCUT2D eigenvalue weighted by molar-refractivity contribution is -0.00697. The van der Waals surface area contributed by atoms with E-state index in [0.717, 1.165) is 43.7 Å². The fourth-order valence-corrected chi connectivity index (χ4v) is 3.42. The van der Waals surface area contributed by atoms with Crippen LogP contribution in [0.5, 0.6) is 0 Å². The van der Waals surface area contributed by atoms with Crippen molar-refractivity contribution < 1.29 is 14.6 Å². The number of hydrogen-bond donors (Lipinski definition) is 3. The molecule has 1 saturated heterocycles. The Bertz CT molecular complexity index is 552. The van der Waals surface area contributed by atoms with Crippen LogP contribution < -0.4 is 5.32 Å². The van der Waals surface area contributed by atoms with Crippen LogP contribution >= 0.6 is 0 Å². The van der Waals surface area contributed by atoms with Crippen LogP contribution in [0.15, 0.2) is 0 Å². The summed E-state index contributed by atoms with van der Waals surface area (Å²) in [7, 11) is 0. The number of aliphatic hydroxyl groups is 1. The molecule has 2 aliphatic rings. The minimum absolute atomic E-state index is 0.0532. The topological polar surface area (TPSA) is 90.5 Å². The van der Waals surface area contributed by atoms with Gasteiger partial charge in [-0.15, -0.1) is 0 Å². The molecule has 23 heavy (non-hydrogen) atoms. The van der Waals surface area contributed by atoms with Crippen LogP contribution in [0.1, 0.15) is 54.5 Å². The molecule has 1 aromatic rings. The van der Waals surface area contributed by atoms with Crippen LogP contribution in [0.4, 0.5) is 0 Å². The first kappa shape index (κ1) is 16.4. The minimum atomic E-state index is -0.164. The molecule has 0 bridgehead atoms. The third kappa shape index (κ3) is 3.73. The van der Waals surface area contributed by atoms with Gasteiger partial charge in [-0.3, -0.25) is 9.89 Å². The first-order valence-corrected chi connectivity index (χ1v) is 8.45. The molecule has 0 aliphatic carbocycles. The summed E-state index contributed by atoms with van der Waals surface area (Å²) in [5.41, 5.74) is 2.39. The Balaban J connectivity index is 1.53. The zero-order chi connectivity index (χ0) is 16.4. The largest absolute Gasteiger partial charge is 0.393 e. The van der Waals surface area contributed by atoms with Gasteiger partial charge in [-0.05, 0) is 26.7 Å². The molecule has 1 fully saturated rings. The maximum Gasteiger partial charge on any atom is 0.272 e. The average molecular weight is 322 g/mol. The van der Waals surface area contributed by atoms with Gasteiger partial charge in [-0.25, -0.2) is 0 Å². The molecule has 1 aromatic heterocycles. The number of hydrogen-bond acceptors (Lipinski definition) is 5. The molecule has 0 aromatic carbocycles. The molecule has 7 nitrogen and oxygen atoms in total. The predicted molar refractivity (Wildman–Crippen MR) is 85.3 cm³/mol. The van der Waals surface area contributed by atoms with Gasteiger partial charge in [-0.2, -0.15) is 5.10 Å². The molecule has 128 valence electrons. The molecule has 0 spiro atoms. The third-order valence-corrected chi connectivity index (χ3v) is 4.72. The van der Waals surface area contributed by atoms with Crippen molar-refractivity contribution in [2.45, 2.75) is 51.4 Å². The summed E-state index contributed by atoms with van der Waals surface area (Å²) in [5, 5.41) is 19.6. The summed E-state index contributed by atoms with van der Waals surface area (Å²) in [6.07, 6.45) is 2.22. The number of ether oxygens (including phenoxy) is 1. The maximum atomic E-state index is 12.4. The van der Waals surface area contributed by atoms with Gasteiger partial charge in [0.2, 0.25) is 0 Å². The second-order valence-corrected chi connectivity index (χ2v) is 6.59. The van der Waals surface area contributed by atoms with Crippen molar-refractivity contribution in [2.75, 3.05) is 26.2 Å². The number of piperidine rings is 1. The Morgan fingerprint density at radius 2 is 2.17 bits per heavy atom. The number of aromatic amines is 1. The Morgan fingerprint density at radius 3 is 2.91 bits per heavy atom. The zero-order valence-corrected chi connectivity index (χ0v) is 13.8. The normalized spacial score (nSPS) is 26.0. The van der Waals surface area contributed by atoms with E-state index in [1.54, 1.807) is 0 Å². The highest BCUT2D eigenvalue weighted by atomic mass is 16.5. The van der Waals surface area contributed by atoms with E-state index in [-0.39, 0.29) is 24.2 Å². The van der Waals surface area contributed by atoms with E-state index in [1.807, 2.05) is 13.8 Å². The van der Waals surface area contributed by atoms with E-state index in [0.29, 0.717) is 18.7 Å². The second-order valence-electron chi connectivity index (χ2n) is 6.59. The lowest BCUT2D eigenvalue weighted by Crippen LogP contribution is -2.41. The lowest BCUT2D eigenvalue weighted by atomic mass is 9.99. The highest BCUT2D eigenvalue weighted by Gasteiger charge is 2.29. The first-order chi connectivity index (χ1) is 11.0. The van der Waals surface area contributed by atoms with Crippen molar-refractivity contribution >= 4 is 5.91 Å². The van der Waals surface area contributed by atoms with Gasteiger partial charge in [0.25, 0.3) is 5.91 Å². The number of aliphatic hydroxyl groups excluding tert-OH is 1. The van der Waals surface area contributed by atoms with Crippen molar-refractivity contribution in [1.29, 1.82) is 0 Å².